The number of aromatic nitrogens is 2. The van der Waals surface area contributed by atoms with Crippen LogP contribution < -0.4 is 11.3 Å². The van der Waals surface area contributed by atoms with Gasteiger partial charge in [-0.1, -0.05) is 48.5 Å². The van der Waals surface area contributed by atoms with Crippen LogP contribution in [0.25, 0.3) is 5.69 Å². The lowest BCUT2D eigenvalue weighted by molar-refractivity contribution is 0.100. The zero-order valence-corrected chi connectivity index (χ0v) is 16.4. The predicted molar refractivity (Wildman–Crippen MR) is 118 cm³/mol. The molecule has 1 aromatic heterocycles. The van der Waals surface area contributed by atoms with Gasteiger partial charge in [-0.25, -0.2) is 9.67 Å². The molecule has 0 bridgehead atoms. The van der Waals surface area contributed by atoms with Crippen LogP contribution in [-0.2, 0) is 0 Å². The maximum absolute atomic E-state index is 13.3. The minimum atomic E-state index is -0.499. The van der Waals surface area contributed by atoms with Crippen LogP contribution in [0.2, 0.25) is 0 Å². The standard InChI is InChI=1S/C24H20N4O2/c1-16-21(24(30)28(27-16)20-10-6-3-7-11-20)22(17-8-4-2-5-9-17)26-19-14-12-18(13-15-19)23(25)29/h2-15,27H,1H3,(H2,25,29). The van der Waals surface area contributed by atoms with Gasteiger partial charge in [-0.15, -0.1) is 0 Å². The molecule has 0 spiro atoms. The Kier molecular flexibility index (Phi) is 5.13. The largest absolute Gasteiger partial charge is 0.366 e. The van der Waals surface area contributed by atoms with E-state index in [0.29, 0.717) is 28.2 Å². The molecule has 4 rings (SSSR count). The zero-order valence-electron chi connectivity index (χ0n) is 16.4. The maximum atomic E-state index is 13.3. The lowest BCUT2D eigenvalue weighted by Crippen LogP contribution is -2.21. The average molecular weight is 396 g/mol. The monoisotopic (exact) mass is 396 g/mol. The summed E-state index contributed by atoms with van der Waals surface area (Å²) in [6, 6.07) is 25.6. The number of carbonyl (C=O) groups excluding carboxylic acids is 1. The lowest BCUT2D eigenvalue weighted by Gasteiger charge is -2.06. The van der Waals surface area contributed by atoms with Crippen molar-refractivity contribution >= 4 is 17.3 Å². The summed E-state index contributed by atoms with van der Waals surface area (Å²) in [4.78, 5) is 29.4. The van der Waals surface area contributed by atoms with Crippen LogP contribution in [-0.4, -0.2) is 21.4 Å². The van der Waals surface area contributed by atoms with Crippen LogP contribution in [0, 0.1) is 6.92 Å². The molecule has 148 valence electrons. The number of hydrogen-bond acceptors (Lipinski definition) is 3. The van der Waals surface area contributed by atoms with Gasteiger partial charge in [-0.05, 0) is 43.3 Å². The van der Waals surface area contributed by atoms with Crippen molar-refractivity contribution in [3.63, 3.8) is 0 Å². The van der Waals surface area contributed by atoms with E-state index < -0.39 is 5.91 Å². The number of benzene rings is 3. The zero-order chi connectivity index (χ0) is 21.1. The van der Waals surface area contributed by atoms with E-state index in [-0.39, 0.29) is 5.56 Å². The molecule has 3 N–H and O–H groups in total. The van der Waals surface area contributed by atoms with Crippen molar-refractivity contribution in [1.82, 2.24) is 9.78 Å². The van der Waals surface area contributed by atoms with Crippen molar-refractivity contribution in [2.75, 3.05) is 0 Å². The third-order valence-electron chi connectivity index (χ3n) is 4.76. The van der Waals surface area contributed by atoms with E-state index in [2.05, 4.69) is 5.10 Å². The number of aromatic amines is 1. The number of para-hydroxylation sites is 1. The molecular weight excluding hydrogens is 376 g/mol. The molecule has 30 heavy (non-hydrogen) atoms. The minimum absolute atomic E-state index is 0.185. The van der Waals surface area contributed by atoms with Crippen molar-refractivity contribution in [3.8, 4) is 5.69 Å². The molecule has 0 saturated heterocycles. The summed E-state index contributed by atoms with van der Waals surface area (Å²) < 4.78 is 1.51. The summed E-state index contributed by atoms with van der Waals surface area (Å²) in [5, 5.41) is 3.15. The number of rotatable bonds is 5. The van der Waals surface area contributed by atoms with Gasteiger partial charge in [0.1, 0.15) is 0 Å². The fraction of sp³-hybridized carbons (Fsp3) is 0.0417. The van der Waals surface area contributed by atoms with Crippen LogP contribution in [0.5, 0.6) is 0 Å². The number of aliphatic imine (C=N–C) groups is 1. The first kappa shape index (κ1) is 19.1. The van der Waals surface area contributed by atoms with Gasteiger partial charge < -0.3 is 5.73 Å². The molecule has 1 heterocycles. The maximum Gasteiger partial charge on any atom is 0.280 e. The number of hydrogen-bond donors (Lipinski definition) is 2. The minimum Gasteiger partial charge on any atom is -0.366 e. The number of nitrogens with two attached hydrogens (primary N) is 1. The molecule has 0 radical (unpaired) electrons. The van der Waals surface area contributed by atoms with Crippen molar-refractivity contribution in [2.45, 2.75) is 6.92 Å². The van der Waals surface area contributed by atoms with Gasteiger partial charge >= 0.3 is 0 Å². The van der Waals surface area contributed by atoms with Gasteiger partial charge in [0.2, 0.25) is 5.91 Å². The Labute approximate surface area is 173 Å². The number of aryl methyl sites for hydroxylation is 1. The van der Waals surface area contributed by atoms with E-state index >= 15 is 0 Å². The molecule has 1 amide bonds. The second kappa shape index (κ2) is 8.05. The summed E-state index contributed by atoms with van der Waals surface area (Å²) >= 11 is 0. The third kappa shape index (κ3) is 3.71. The molecular formula is C24H20N4O2. The quantitative estimate of drug-likeness (QED) is 0.503. The Balaban J connectivity index is 1.89. The first-order valence-corrected chi connectivity index (χ1v) is 9.46. The number of amides is 1. The fourth-order valence-electron chi connectivity index (χ4n) is 3.27. The molecule has 4 aromatic rings. The van der Waals surface area contributed by atoms with Crippen molar-refractivity contribution in [1.29, 1.82) is 0 Å². The van der Waals surface area contributed by atoms with Crippen LogP contribution in [0.4, 0.5) is 5.69 Å². The molecule has 6 heteroatoms. The number of nitrogens with zero attached hydrogens (tertiary/aromatic N) is 2. The second-order valence-corrected chi connectivity index (χ2v) is 6.83. The second-order valence-electron chi connectivity index (χ2n) is 6.83. The van der Waals surface area contributed by atoms with Gasteiger partial charge in [0.15, 0.2) is 0 Å². The highest BCUT2D eigenvalue weighted by molar-refractivity contribution is 6.14. The molecule has 0 aliphatic heterocycles. The van der Waals surface area contributed by atoms with Crippen LogP contribution in [0.15, 0.2) is 94.7 Å². The topological polar surface area (TPSA) is 93.2 Å². The van der Waals surface area contributed by atoms with E-state index in [1.165, 1.54) is 4.68 Å². The van der Waals surface area contributed by atoms with Gasteiger partial charge in [0.25, 0.3) is 5.56 Å². The van der Waals surface area contributed by atoms with Crippen LogP contribution >= 0.6 is 0 Å². The van der Waals surface area contributed by atoms with Gasteiger partial charge in [0.05, 0.1) is 22.6 Å². The Morgan fingerprint density at radius 3 is 2.07 bits per heavy atom. The highest BCUT2D eigenvalue weighted by Crippen LogP contribution is 2.19. The summed E-state index contributed by atoms with van der Waals surface area (Å²) in [7, 11) is 0. The third-order valence-corrected chi connectivity index (χ3v) is 4.76. The fourth-order valence-corrected chi connectivity index (χ4v) is 3.27. The first-order valence-electron chi connectivity index (χ1n) is 9.46. The molecule has 6 nitrogen and oxygen atoms in total. The number of nitrogens with one attached hydrogen (secondary N) is 1. The number of H-pyrrole nitrogens is 1. The highest BCUT2D eigenvalue weighted by Gasteiger charge is 2.19. The smallest absolute Gasteiger partial charge is 0.280 e. The molecule has 0 unspecified atom stereocenters. The van der Waals surface area contributed by atoms with E-state index in [0.717, 1.165) is 11.3 Å². The van der Waals surface area contributed by atoms with Crippen LogP contribution in [0.3, 0.4) is 0 Å². The van der Waals surface area contributed by atoms with Crippen molar-refractivity contribution in [2.24, 2.45) is 10.7 Å². The van der Waals surface area contributed by atoms with E-state index in [4.69, 9.17) is 10.7 Å². The summed E-state index contributed by atoms with van der Waals surface area (Å²) in [6.45, 7) is 1.85. The summed E-state index contributed by atoms with van der Waals surface area (Å²) in [5.41, 5.74) is 9.47. The lowest BCUT2D eigenvalue weighted by atomic mass is 10.0. The molecule has 0 atom stereocenters. The van der Waals surface area contributed by atoms with E-state index in [1.54, 1.807) is 24.3 Å². The molecule has 0 aliphatic rings. The average Bonchev–Trinajstić information content (AvgIpc) is 3.07. The number of carbonyl (C=O) groups is 1. The van der Waals surface area contributed by atoms with Gasteiger partial charge in [0, 0.05) is 16.8 Å². The van der Waals surface area contributed by atoms with Crippen molar-refractivity contribution in [3.05, 3.63) is 118 Å². The molecule has 0 saturated carbocycles. The van der Waals surface area contributed by atoms with Crippen molar-refractivity contribution < 1.29 is 4.79 Å². The molecule has 0 aliphatic carbocycles. The van der Waals surface area contributed by atoms with Gasteiger partial charge in [-0.3, -0.25) is 14.7 Å². The number of primary amides is 1. The summed E-state index contributed by atoms with van der Waals surface area (Å²) in [6.07, 6.45) is 0. The molecule has 3 aromatic carbocycles. The first-order chi connectivity index (χ1) is 14.5. The van der Waals surface area contributed by atoms with E-state index in [9.17, 15) is 9.59 Å². The normalized spacial score (nSPS) is 11.4. The predicted octanol–water partition coefficient (Wildman–Crippen LogP) is 3.74. The highest BCUT2D eigenvalue weighted by atomic mass is 16.1. The molecule has 0 fully saturated rings. The SMILES string of the molecule is Cc1[nH]n(-c2ccccc2)c(=O)c1C(=Nc1ccc(C(N)=O)cc1)c1ccccc1. The Morgan fingerprint density at radius 1 is 0.867 bits per heavy atom. The Hall–Kier alpha value is -4.19. The Morgan fingerprint density at radius 2 is 1.47 bits per heavy atom. The Bertz CT molecular complexity index is 1270. The summed E-state index contributed by atoms with van der Waals surface area (Å²) in [5.74, 6) is -0.499. The van der Waals surface area contributed by atoms with Gasteiger partial charge in [-0.2, -0.15) is 0 Å². The van der Waals surface area contributed by atoms with Crippen LogP contribution in [0.1, 0.15) is 27.2 Å². The van der Waals surface area contributed by atoms with E-state index in [1.807, 2.05) is 67.6 Å².